The molecule has 0 radical (unpaired) electrons. The number of ether oxygens (including phenoxy) is 8. The maximum Gasteiger partial charge on any atom is 0.333 e. The molecule has 0 aromatic heterocycles. The van der Waals surface area contributed by atoms with Gasteiger partial charge in [0.25, 0.3) is 0 Å². The summed E-state index contributed by atoms with van der Waals surface area (Å²) in [6, 6.07) is 18.8. The minimum Gasteiger partial charge on any atom is -0.490 e. The summed E-state index contributed by atoms with van der Waals surface area (Å²) in [4.78, 5) is 23.4. The fourth-order valence-electron chi connectivity index (χ4n) is 7.70. The number of para-hydroxylation sites is 2. The Kier molecular flexibility index (Phi) is 24.8. The van der Waals surface area contributed by atoms with E-state index in [1.807, 2.05) is 74.5 Å². The van der Waals surface area contributed by atoms with Gasteiger partial charge in [0.15, 0.2) is 12.2 Å². The molecule has 3 saturated carbocycles. The average Bonchev–Trinajstić information content (AvgIpc) is 4.00. The Morgan fingerprint density at radius 3 is 1.31 bits per heavy atom. The summed E-state index contributed by atoms with van der Waals surface area (Å²) in [6.45, 7) is 19.6. The van der Waals surface area contributed by atoms with Crippen molar-refractivity contribution in [1.29, 1.82) is 0 Å². The third kappa shape index (κ3) is 19.8. The molecule has 0 aliphatic heterocycles. The van der Waals surface area contributed by atoms with E-state index in [4.69, 9.17) is 37.9 Å². The van der Waals surface area contributed by atoms with Crippen molar-refractivity contribution in [3.05, 3.63) is 85.0 Å². The van der Waals surface area contributed by atoms with Gasteiger partial charge >= 0.3 is 11.9 Å². The van der Waals surface area contributed by atoms with E-state index in [-0.39, 0.29) is 13.2 Å². The van der Waals surface area contributed by atoms with E-state index in [9.17, 15) is 9.59 Å². The lowest BCUT2D eigenvalue weighted by Crippen LogP contribution is -2.30. The van der Waals surface area contributed by atoms with E-state index >= 15 is 0 Å². The highest BCUT2D eigenvalue weighted by atomic mass is 16.6. The van der Waals surface area contributed by atoms with Crippen molar-refractivity contribution in [2.75, 3.05) is 66.1 Å². The molecule has 0 amide bonds. The first-order valence-corrected chi connectivity index (χ1v) is 21.6. The third-order valence-corrected chi connectivity index (χ3v) is 10.6. The summed E-state index contributed by atoms with van der Waals surface area (Å²) >= 11 is 0. The highest BCUT2D eigenvalue weighted by Crippen LogP contribution is 2.58. The Hall–Kier alpha value is -3.70. The first-order valence-electron chi connectivity index (χ1n) is 21.6. The molecule has 0 heterocycles. The number of carbonyl (C=O) groups is 2. The highest BCUT2D eigenvalue weighted by molar-refractivity contribution is 5.87. The molecular formula is C48H72O10. The summed E-state index contributed by atoms with van der Waals surface area (Å²) < 4.78 is 43.8. The first kappa shape index (κ1) is 48.7. The van der Waals surface area contributed by atoms with E-state index in [1.54, 1.807) is 52.4 Å². The standard InChI is InChI=1S/2C19H28O5.C10H16/c2*1-4-21-12-8-9-13-22-14-18(24-19(20)16(2)3)15-23-17-10-6-5-7-11-17;1-2-9-7-4-5-8(6-7)10(9)3-1/h2*5-7,10-11,18H,2,4,8-9,12-15H2,1,3H3;7-10H,1-6H2. The summed E-state index contributed by atoms with van der Waals surface area (Å²) in [5, 5.41) is 0. The second-order valence-corrected chi connectivity index (χ2v) is 15.4. The van der Waals surface area contributed by atoms with Gasteiger partial charge in [-0.15, -0.1) is 0 Å². The van der Waals surface area contributed by atoms with Gasteiger partial charge in [0, 0.05) is 50.8 Å². The molecule has 10 heteroatoms. The van der Waals surface area contributed by atoms with Gasteiger partial charge in [0.05, 0.1) is 13.2 Å². The number of esters is 2. The maximum atomic E-state index is 11.7. The lowest BCUT2D eigenvalue weighted by Gasteiger charge is -2.23. The lowest BCUT2D eigenvalue weighted by molar-refractivity contribution is -0.150. The van der Waals surface area contributed by atoms with Crippen LogP contribution in [0.4, 0.5) is 0 Å². The van der Waals surface area contributed by atoms with Crippen molar-refractivity contribution in [1.82, 2.24) is 0 Å². The Bertz CT molecular complexity index is 1310. The molecule has 0 N–H and O–H groups in total. The molecule has 2 bridgehead atoms. The van der Waals surface area contributed by atoms with Crippen molar-refractivity contribution in [3.63, 3.8) is 0 Å². The molecule has 5 rings (SSSR count). The molecule has 324 valence electrons. The molecule has 0 spiro atoms. The molecular weight excluding hydrogens is 737 g/mol. The monoisotopic (exact) mass is 809 g/mol. The summed E-state index contributed by atoms with van der Waals surface area (Å²) in [5.74, 6) is 5.39. The van der Waals surface area contributed by atoms with Crippen LogP contribution in [0.3, 0.4) is 0 Å². The molecule has 10 nitrogen and oxygen atoms in total. The van der Waals surface area contributed by atoms with Crippen LogP contribution in [0.25, 0.3) is 0 Å². The molecule has 0 saturated heterocycles. The van der Waals surface area contributed by atoms with Gasteiger partial charge in [0.2, 0.25) is 0 Å². The van der Waals surface area contributed by atoms with Crippen LogP contribution in [0.15, 0.2) is 85.0 Å². The van der Waals surface area contributed by atoms with Gasteiger partial charge in [-0.05, 0) is 133 Å². The number of carbonyl (C=O) groups excluding carboxylic acids is 2. The molecule has 58 heavy (non-hydrogen) atoms. The van der Waals surface area contributed by atoms with Crippen molar-refractivity contribution in [3.8, 4) is 11.5 Å². The summed E-state index contributed by atoms with van der Waals surface area (Å²) in [5.41, 5.74) is 0.716. The molecule has 6 unspecified atom stereocenters. The van der Waals surface area contributed by atoms with E-state index < -0.39 is 24.1 Å². The van der Waals surface area contributed by atoms with Crippen LogP contribution >= 0.6 is 0 Å². The fourth-order valence-corrected chi connectivity index (χ4v) is 7.70. The molecule has 3 aliphatic rings. The molecule has 2 aromatic rings. The van der Waals surface area contributed by atoms with Gasteiger partial charge < -0.3 is 37.9 Å². The van der Waals surface area contributed by atoms with Gasteiger partial charge in [-0.2, -0.15) is 0 Å². The third-order valence-electron chi connectivity index (χ3n) is 10.6. The second-order valence-electron chi connectivity index (χ2n) is 15.4. The number of unbranched alkanes of at least 4 members (excludes halogenated alkanes) is 2. The SMILES string of the molecule is C1CC2C3CCC(C3)C2C1.C=C(C)C(=O)OC(COCCCCOCC)COc1ccccc1.C=C(C)C(=O)OC(COCCCCOCC)COc1ccccc1. The average molecular weight is 809 g/mol. The zero-order valence-electron chi connectivity index (χ0n) is 35.9. The zero-order valence-corrected chi connectivity index (χ0v) is 35.9. The fraction of sp³-hybridized carbons (Fsp3) is 0.625. The van der Waals surface area contributed by atoms with E-state index in [0.717, 1.165) is 63.6 Å². The molecule has 2 aromatic carbocycles. The number of hydrogen-bond acceptors (Lipinski definition) is 10. The molecule has 6 atom stereocenters. The van der Waals surface area contributed by atoms with Crippen LogP contribution < -0.4 is 9.47 Å². The minimum absolute atomic E-state index is 0.238. The number of rotatable bonds is 26. The normalized spacial score (nSPS) is 19.7. The Morgan fingerprint density at radius 1 is 0.569 bits per heavy atom. The molecule has 3 aliphatic carbocycles. The number of benzene rings is 2. The van der Waals surface area contributed by atoms with E-state index in [2.05, 4.69) is 13.2 Å². The summed E-state index contributed by atoms with van der Waals surface area (Å²) in [7, 11) is 0. The number of fused-ring (bicyclic) bond motifs is 5. The van der Waals surface area contributed by atoms with Crippen molar-refractivity contribution in [2.24, 2.45) is 23.7 Å². The Balaban J connectivity index is 0.000000249. The van der Waals surface area contributed by atoms with Crippen molar-refractivity contribution >= 4 is 11.9 Å². The predicted octanol–water partition coefficient (Wildman–Crippen LogP) is 9.61. The van der Waals surface area contributed by atoms with Crippen LogP contribution in [0.2, 0.25) is 0 Å². The van der Waals surface area contributed by atoms with Gasteiger partial charge in [-0.25, -0.2) is 9.59 Å². The Labute approximate surface area is 348 Å². The van der Waals surface area contributed by atoms with Crippen LogP contribution in [-0.4, -0.2) is 90.2 Å². The summed E-state index contributed by atoms with van der Waals surface area (Å²) in [6.07, 6.45) is 12.3. The lowest BCUT2D eigenvalue weighted by atomic mass is 9.82. The van der Waals surface area contributed by atoms with E-state index in [0.29, 0.717) is 37.6 Å². The van der Waals surface area contributed by atoms with Gasteiger partial charge in [0.1, 0.15) is 24.7 Å². The minimum atomic E-state index is -0.471. The van der Waals surface area contributed by atoms with E-state index in [1.165, 1.54) is 23.7 Å². The topological polar surface area (TPSA) is 108 Å². The van der Waals surface area contributed by atoms with Gasteiger partial charge in [-0.1, -0.05) is 56.0 Å². The maximum absolute atomic E-state index is 11.7. The van der Waals surface area contributed by atoms with Gasteiger partial charge in [-0.3, -0.25) is 0 Å². The van der Waals surface area contributed by atoms with Crippen molar-refractivity contribution in [2.45, 2.75) is 104 Å². The van der Waals surface area contributed by atoms with Crippen LogP contribution in [0.1, 0.15) is 91.9 Å². The second kappa shape index (κ2) is 29.5. The molecule has 3 fully saturated rings. The zero-order chi connectivity index (χ0) is 41.8. The smallest absolute Gasteiger partial charge is 0.333 e. The number of hydrogen-bond donors (Lipinski definition) is 0. The van der Waals surface area contributed by atoms with Crippen LogP contribution in [0.5, 0.6) is 11.5 Å². The first-order chi connectivity index (χ1) is 28.2. The highest BCUT2D eigenvalue weighted by Gasteiger charge is 2.48. The Morgan fingerprint density at radius 2 is 0.948 bits per heavy atom. The largest absolute Gasteiger partial charge is 0.490 e. The van der Waals surface area contributed by atoms with Crippen LogP contribution in [0, 0.1) is 23.7 Å². The van der Waals surface area contributed by atoms with Crippen LogP contribution in [-0.2, 0) is 38.0 Å². The quantitative estimate of drug-likeness (QED) is 0.0518. The predicted molar refractivity (Wildman–Crippen MR) is 228 cm³/mol. The van der Waals surface area contributed by atoms with Crippen molar-refractivity contribution < 1.29 is 47.5 Å².